The smallest absolute Gasteiger partial charge is 0.416 e. The highest BCUT2D eigenvalue weighted by molar-refractivity contribution is 7.80. The molecule has 38 heavy (non-hydrogen) atoms. The number of ether oxygens (including phenoxy) is 3. The maximum absolute atomic E-state index is 13.2. The predicted molar refractivity (Wildman–Crippen MR) is 155 cm³/mol. The van der Waals surface area contributed by atoms with Gasteiger partial charge in [0.1, 0.15) is 11.9 Å². The van der Waals surface area contributed by atoms with Crippen molar-refractivity contribution in [2.45, 2.75) is 123 Å². The molecule has 3 nitrogen and oxygen atoms in total. The Kier molecular flexibility index (Phi) is 19.8. The summed E-state index contributed by atoms with van der Waals surface area (Å²) in [4.78, 5) is 0. The molecule has 0 heterocycles. The van der Waals surface area contributed by atoms with E-state index in [0.29, 0.717) is 25.4 Å². The maximum Gasteiger partial charge on any atom is 0.416 e. The highest BCUT2D eigenvalue weighted by atomic mass is 32.1. The molecule has 0 aliphatic heterocycles. The van der Waals surface area contributed by atoms with E-state index in [2.05, 4.69) is 31.7 Å². The summed E-state index contributed by atoms with van der Waals surface area (Å²) in [6.07, 6.45) is 14.1. The fourth-order valence-electron chi connectivity index (χ4n) is 4.52. The van der Waals surface area contributed by atoms with Crippen LogP contribution in [-0.2, 0) is 15.7 Å². The molecule has 220 valence electrons. The zero-order chi connectivity index (χ0) is 28.1. The highest BCUT2D eigenvalue weighted by Gasteiger charge is 2.32. The van der Waals surface area contributed by atoms with Crippen LogP contribution >= 0.6 is 12.6 Å². The molecule has 1 aromatic carbocycles. The summed E-state index contributed by atoms with van der Waals surface area (Å²) in [5.74, 6) is 0.852. The van der Waals surface area contributed by atoms with Crippen LogP contribution in [0.3, 0.4) is 0 Å². The molecule has 1 rings (SSSR count). The van der Waals surface area contributed by atoms with E-state index < -0.39 is 18.0 Å². The van der Waals surface area contributed by atoms with Crippen LogP contribution in [0.2, 0.25) is 0 Å². The number of unbranched alkanes of at least 4 members (excludes halogenated alkanes) is 9. The lowest BCUT2D eigenvalue weighted by Crippen LogP contribution is -2.34. The number of hydrogen-bond acceptors (Lipinski definition) is 4. The largest absolute Gasteiger partial charge is 0.490 e. The number of thiol groups is 1. The zero-order valence-corrected chi connectivity index (χ0v) is 24.7. The van der Waals surface area contributed by atoms with Gasteiger partial charge in [0, 0.05) is 25.6 Å². The van der Waals surface area contributed by atoms with Gasteiger partial charge in [-0.1, -0.05) is 70.1 Å². The van der Waals surface area contributed by atoms with E-state index >= 15 is 0 Å². The molecule has 0 radical (unpaired) electrons. The molecule has 0 saturated carbocycles. The standard InChI is InChI=1S/C31H51F3O3S/c1-4-7-8-9-10-11-12-13-14-15-16-17-18-20-26(25-38)29(24-30(35-5-2)36-6-3)37-28-22-19-21-27(23-28)31(32,33)34/h13-14,19,21-23,26,29-30,38H,4-12,15-18,20,24-25H2,1-3H3. The SMILES string of the molecule is CCCCCCCCC=CCCCCCC(CS)C(CC(OCC)OCC)Oc1cccc(C(F)(F)F)c1. The van der Waals surface area contributed by atoms with Crippen LogP contribution in [0.25, 0.3) is 0 Å². The summed E-state index contributed by atoms with van der Waals surface area (Å²) in [5, 5.41) is 0. The predicted octanol–water partition coefficient (Wildman–Crippen LogP) is 10.0. The molecule has 2 unspecified atom stereocenters. The number of halogens is 3. The van der Waals surface area contributed by atoms with Gasteiger partial charge in [0.2, 0.25) is 0 Å². The quantitative estimate of drug-likeness (QED) is 0.0624. The van der Waals surface area contributed by atoms with Crippen LogP contribution in [0.15, 0.2) is 36.4 Å². The van der Waals surface area contributed by atoms with Gasteiger partial charge in [-0.25, -0.2) is 0 Å². The maximum atomic E-state index is 13.2. The Morgan fingerprint density at radius 3 is 2.03 bits per heavy atom. The molecule has 0 amide bonds. The average molecular weight is 561 g/mol. The lowest BCUT2D eigenvalue weighted by molar-refractivity contribution is -0.154. The minimum atomic E-state index is -4.42. The van der Waals surface area contributed by atoms with Gasteiger partial charge in [-0.15, -0.1) is 0 Å². The van der Waals surface area contributed by atoms with E-state index in [9.17, 15) is 13.2 Å². The molecule has 0 aliphatic carbocycles. The van der Waals surface area contributed by atoms with Crippen molar-refractivity contribution in [3.8, 4) is 5.75 Å². The monoisotopic (exact) mass is 560 g/mol. The van der Waals surface area contributed by atoms with Crippen molar-refractivity contribution in [2.24, 2.45) is 5.92 Å². The molecule has 0 fully saturated rings. The molecule has 7 heteroatoms. The van der Waals surface area contributed by atoms with Crippen LogP contribution in [0.1, 0.15) is 110 Å². The first kappa shape index (κ1) is 34.8. The average Bonchev–Trinajstić information content (AvgIpc) is 2.88. The molecular formula is C31H51F3O3S. The molecule has 1 aromatic rings. The van der Waals surface area contributed by atoms with Gasteiger partial charge in [-0.2, -0.15) is 25.8 Å². The van der Waals surface area contributed by atoms with Crippen LogP contribution in [0.4, 0.5) is 13.2 Å². The fourth-order valence-corrected chi connectivity index (χ4v) is 4.94. The van der Waals surface area contributed by atoms with Crippen LogP contribution in [0.5, 0.6) is 5.75 Å². The van der Waals surface area contributed by atoms with E-state index in [0.717, 1.165) is 44.2 Å². The summed E-state index contributed by atoms with van der Waals surface area (Å²) in [5.41, 5.74) is -0.716. The molecule has 0 aliphatic rings. The van der Waals surface area contributed by atoms with E-state index in [-0.39, 0.29) is 17.8 Å². The Hall–Kier alpha value is -1.18. The summed E-state index contributed by atoms with van der Waals surface area (Å²) < 4.78 is 57.4. The van der Waals surface area contributed by atoms with Crippen LogP contribution in [-0.4, -0.2) is 31.4 Å². The topological polar surface area (TPSA) is 27.7 Å². The van der Waals surface area contributed by atoms with Gasteiger partial charge in [0.15, 0.2) is 6.29 Å². The van der Waals surface area contributed by atoms with Crippen LogP contribution in [0, 0.1) is 5.92 Å². The van der Waals surface area contributed by atoms with Gasteiger partial charge in [-0.3, -0.25) is 0 Å². The summed E-state index contributed by atoms with van der Waals surface area (Å²) >= 11 is 4.58. The third kappa shape index (κ3) is 16.0. The first-order chi connectivity index (χ1) is 18.3. The molecule has 0 spiro atoms. The summed E-state index contributed by atoms with van der Waals surface area (Å²) in [7, 11) is 0. The van der Waals surface area contributed by atoms with Gasteiger partial charge >= 0.3 is 6.18 Å². The third-order valence-electron chi connectivity index (χ3n) is 6.68. The normalized spacial score (nSPS) is 13.9. The second-order valence-corrected chi connectivity index (χ2v) is 10.2. The Bertz CT molecular complexity index is 721. The van der Waals surface area contributed by atoms with Crippen molar-refractivity contribution in [1.82, 2.24) is 0 Å². The molecule has 2 atom stereocenters. The van der Waals surface area contributed by atoms with Crippen molar-refractivity contribution in [2.75, 3.05) is 19.0 Å². The molecule has 0 aromatic heterocycles. The second kappa shape index (κ2) is 21.6. The van der Waals surface area contributed by atoms with Crippen LogP contribution < -0.4 is 4.74 Å². The summed E-state index contributed by atoms with van der Waals surface area (Å²) in [6, 6.07) is 5.08. The Balaban J connectivity index is 2.61. The van der Waals surface area contributed by atoms with Crippen molar-refractivity contribution in [1.29, 1.82) is 0 Å². The van der Waals surface area contributed by atoms with Crippen molar-refractivity contribution in [3.63, 3.8) is 0 Å². The van der Waals surface area contributed by atoms with Crippen molar-refractivity contribution in [3.05, 3.63) is 42.0 Å². The zero-order valence-electron chi connectivity index (χ0n) is 23.8. The Morgan fingerprint density at radius 1 is 0.842 bits per heavy atom. The molecule has 0 bridgehead atoms. The second-order valence-electron chi connectivity index (χ2n) is 9.87. The fraction of sp³-hybridized carbons (Fsp3) is 0.742. The number of alkyl halides is 3. The highest BCUT2D eigenvalue weighted by Crippen LogP contribution is 2.33. The minimum Gasteiger partial charge on any atom is -0.490 e. The van der Waals surface area contributed by atoms with Gasteiger partial charge in [-0.05, 0) is 69.9 Å². The lowest BCUT2D eigenvalue weighted by atomic mass is 9.94. The van der Waals surface area contributed by atoms with E-state index in [1.807, 2.05) is 13.8 Å². The minimum absolute atomic E-state index is 0.0690. The van der Waals surface area contributed by atoms with Gasteiger partial charge < -0.3 is 14.2 Å². The third-order valence-corrected chi connectivity index (χ3v) is 7.14. The number of allylic oxidation sites excluding steroid dienone is 2. The molecule has 0 N–H and O–H groups in total. The number of rotatable bonds is 23. The molecular weight excluding hydrogens is 509 g/mol. The van der Waals surface area contributed by atoms with E-state index in [4.69, 9.17) is 14.2 Å². The van der Waals surface area contributed by atoms with Crippen molar-refractivity contribution < 1.29 is 27.4 Å². The first-order valence-corrected chi connectivity index (χ1v) is 15.3. The Labute approximate surface area is 235 Å². The first-order valence-electron chi connectivity index (χ1n) is 14.7. The summed E-state index contributed by atoms with van der Waals surface area (Å²) in [6.45, 7) is 7.01. The Morgan fingerprint density at radius 2 is 1.45 bits per heavy atom. The van der Waals surface area contributed by atoms with Gasteiger partial charge in [0.25, 0.3) is 0 Å². The number of hydrogen-bond donors (Lipinski definition) is 1. The van der Waals surface area contributed by atoms with Crippen molar-refractivity contribution >= 4 is 12.6 Å². The molecule has 0 saturated heterocycles. The number of benzene rings is 1. The van der Waals surface area contributed by atoms with Gasteiger partial charge in [0.05, 0.1) is 5.56 Å². The lowest BCUT2D eigenvalue weighted by Gasteiger charge is -2.30. The van der Waals surface area contributed by atoms with E-state index in [1.165, 1.54) is 51.0 Å². The van der Waals surface area contributed by atoms with E-state index in [1.54, 1.807) is 6.07 Å².